The number of anilines is 4. The van der Waals surface area contributed by atoms with Crippen molar-refractivity contribution in [1.29, 1.82) is 15.8 Å². The van der Waals surface area contributed by atoms with Gasteiger partial charge in [0.1, 0.15) is 43.6 Å². The molecule has 0 aliphatic carbocycles. The summed E-state index contributed by atoms with van der Waals surface area (Å²) in [4.78, 5) is 118. The van der Waals surface area contributed by atoms with Gasteiger partial charge in [-0.2, -0.15) is 29.0 Å². The fourth-order valence-electron chi connectivity index (χ4n) is 8.94. The number of benzene rings is 4. The first kappa shape index (κ1) is 59.1. The Labute approximate surface area is 489 Å². The second-order valence-corrected chi connectivity index (χ2v) is 19.9. The van der Waals surface area contributed by atoms with Gasteiger partial charge in [0.15, 0.2) is 11.3 Å². The van der Waals surface area contributed by atoms with E-state index in [1.54, 1.807) is 53.5 Å². The number of nitrogens with zero attached hydrogens (tertiary/aromatic N) is 7. The Morgan fingerprint density at radius 2 is 1.01 bits per heavy atom. The minimum absolute atomic E-state index is 0.0330. The van der Waals surface area contributed by atoms with Gasteiger partial charge in [-0.1, -0.05) is 24.3 Å². The topological polar surface area (TPSA) is 275 Å². The van der Waals surface area contributed by atoms with Crippen LogP contribution in [0.4, 0.5) is 35.9 Å². The van der Waals surface area contributed by atoms with Crippen molar-refractivity contribution in [1.82, 2.24) is 0 Å². The van der Waals surface area contributed by atoms with Crippen molar-refractivity contribution >= 4 is 106 Å². The summed E-state index contributed by atoms with van der Waals surface area (Å²) in [7, 11) is 0. The van der Waals surface area contributed by atoms with Crippen molar-refractivity contribution in [3.05, 3.63) is 206 Å². The summed E-state index contributed by atoms with van der Waals surface area (Å²) in [6, 6.07) is 29.9. The Balaban J connectivity index is 0.940. The van der Waals surface area contributed by atoms with Crippen LogP contribution < -0.4 is 19.6 Å². The molecule has 4 aromatic carbocycles. The third-order valence-corrected chi connectivity index (χ3v) is 14.5. The van der Waals surface area contributed by atoms with Gasteiger partial charge in [0.2, 0.25) is 5.60 Å². The fraction of sp³-hybridized carbons (Fsp3) is 0.129. The minimum Gasteiger partial charge on any atom is -0.470 e. The van der Waals surface area contributed by atoms with E-state index in [1.165, 1.54) is 91.0 Å². The molecule has 0 saturated heterocycles. The van der Waals surface area contributed by atoms with Crippen LogP contribution in [-0.2, 0) is 54.3 Å². The zero-order valence-corrected chi connectivity index (χ0v) is 45.4. The van der Waals surface area contributed by atoms with Crippen molar-refractivity contribution in [2.24, 2.45) is 0 Å². The molecule has 0 N–H and O–H groups in total. The van der Waals surface area contributed by atoms with E-state index in [4.69, 9.17) is 18.9 Å². The molecule has 20 nitrogen and oxygen atoms in total. The van der Waals surface area contributed by atoms with E-state index in [0.717, 1.165) is 68.6 Å². The molecule has 6 amide bonds. The molecule has 0 radical (unpaired) electrons. The van der Waals surface area contributed by atoms with Crippen molar-refractivity contribution < 1.29 is 75.3 Å². The lowest BCUT2D eigenvalue weighted by atomic mass is 9.92. The molecule has 428 valence electrons. The molecule has 1 unspecified atom stereocenters. The SMILES string of the molecule is CC1(C(F)(F)F)OC(=C(C#N)C#N)C(C#N)=C1/C=C/c1sc(/C=C/c2ccc(N(CCOC(=O)c3ccc(N4C(=O)C=CC4=O)cc3)CCOC(=O)c3ccc(N4C(=O)C=CC4=O)cc3)cc2)cc1COC(=O)c1ccc(N2C(=O)C=CC2=O)cc1. The van der Waals surface area contributed by atoms with E-state index in [1.807, 2.05) is 0 Å². The molecule has 0 spiro atoms. The number of amides is 6. The maximum absolute atomic E-state index is 14.8. The zero-order chi connectivity index (χ0) is 61.5. The number of imide groups is 3. The van der Waals surface area contributed by atoms with Crippen LogP contribution in [0.5, 0.6) is 0 Å². The van der Waals surface area contributed by atoms with Crippen LogP contribution in [0.2, 0.25) is 0 Å². The van der Waals surface area contributed by atoms with Gasteiger partial charge in [0, 0.05) is 63.0 Å². The third-order valence-electron chi connectivity index (χ3n) is 13.4. The second-order valence-electron chi connectivity index (χ2n) is 18.8. The fourth-order valence-corrected chi connectivity index (χ4v) is 9.91. The Hall–Kier alpha value is -11.6. The monoisotopic (exact) mass is 1180 g/mol. The number of alkyl halides is 3. The highest BCUT2D eigenvalue weighted by atomic mass is 32.1. The van der Waals surface area contributed by atoms with Gasteiger partial charge in [-0.05, 0) is 116 Å². The predicted octanol–water partition coefficient (Wildman–Crippen LogP) is 8.57. The number of rotatable bonds is 19. The largest absolute Gasteiger partial charge is 0.470 e. The molecular weight excluding hydrogens is 1140 g/mol. The van der Waals surface area contributed by atoms with Crippen LogP contribution in [0, 0.1) is 34.0 Å². The van der Waals surface area contributed by atoms with E-state index in [-0.39, 0.29) is 64.9 Å². The Bertz CT molecular complexity index is 3870. The van der Waals surface area contributed by atoms with Crippen molar-refractivity contribution in [3.8, 4) is 18.2 Å². The molecular formula is C62H40F3N7O13S. The van der Waals surface area contributed by atoms with E-state index in [0.29, 0.717) is 28.6 Å². The molecule has 5 aromatic rings. The van der Waals surface area contributed by atoms with E-state index in [9.17, 15) is 72.1 Å². The number of hydrogen-bond acceptors (Lipinski definition) is 18. The van der Waals surface area contributed by atoms with Gasteiger partial charge >= 0.3 is 24.1 Å². The molecule has 9 rings (SSSR count). The van der Waals surface area contributed by atoms with E-state index in [2.05, 4.69) is 0 Å². The molecule has 5 heterocycles. The summed E-state index contributed by atoms with van der Waals surface area (Å²) in [5, 5.41) is 29.1. The van der Waals surface area contributed by atoms with Gasteiger partial charge in [0.25, 0.3) is 35.4 Å². The lowest BCUT2D eigenvalue weighted by molar-refractivity contribution is -0.236. The first-order valence-electron chi connectivity index (χ1n) is 25.5. The number of esters is 3. The summed E-state index contributed by atoms with van der Waals surface area (Å²) >= 11 is 1.06. The Morgan fingerprint density at radius 3 is 1.41 bits per heavy atom. The molecule has 1 atom stereocenters. The maximum atomic E-state index is 14.8. The van der Waals surface area contributed by atoms with Crippen LogP contribution >= 0.6 is 11.3 Å². The lowest BCUT2D eigenvalue weighted by Gasteiger charge is -2.28. The summed E-state index contributed by atoms with van der Waals surface area (Å²) in [5.41, 5.74) is -2.88. The summed E-state index contributed by atoms with van der Waals surface area (Å²) in [5.74, 6) is -6.37. The summed E-state index contributed by atoms with van der Waals surface area (Å²) in [6.45, 7) is 0.0623. The maximum Gasteiger partial charge on any atom is 0.432 e. The molecule has 86 heavy (non-hydrogen) atoms. The molecule has 24 heteroatoms. The average Bonchev–Trinajstić information content (AvgIpc) is 1.85. The number of carbonyl (C=O) groups is 9. The normalized spacial score (nSPS) is 16.4. The van der Waals surface area contributed by atoms with Gasteiger partial charge in [-0.3, -0.25) is 28.8 Å². The number of ether oxygens (including phenoxy) is 4. The molecule has 0 fully saturated rings. The van der Waals surface area contributed by atoms with Gasteiger partial charge < -0.3 is 23.8 Å². The zero-order valence-electron chi connectivity index (χ0n) is 44.6. The first-order chi connectivity index (χ1) is 41.2. The average molecular weight is 1180 g/mol. The van der Waals surface area contributed by atoms with Crippen LogP contribution in [0.3, 0.4) is 0 Å². The van der Waals surface area contributed by atoms with Crippen molar-refractivity contribution in [2.75, 3.05) is 45.9 Å². The number of allylic oxidation sites excluding steroid dienone is 2. The van der Waals surface area contributed by atoms with Gasteiger partial charge in [-0.15, -0.1) is 11.3 Å². The van der Waals surface area contributed by atoms with E-state index >= 15 is 0 Å². The predicted molar refractivity (Wildman–Crippen MR) is 301 cm³/mol. The highest BCUT2D eigenvalue weighted by Gasteiger charge is 2.60. The highest BCUT2D eigenvalue weighted by molar-refractivity contribution is 7.14. The van der Waals surface area contributed by atoms with E-state index < -0.39 is 94.2 Å². The summed E-state index contributed by atoms with van der Waals surface area (Å²) in [6.07, 6.45) is 7.19. The first-order valence-corrected chi connectivity index (χ1v) is 26.3. The standard InChI is InChI=1S/C62H40F3N7O13S/c1-61(62(63,64)65)49(48(35-68)57(85-61)42(33-66)34-67)20-21-50-41(36-84-60(81)40-9-17-46(18-10-40)72-55(77)26-27-56(72)78)32-47(86-50)19-4-37-2-11-43(12-3-37)69(28-30-82-58(79)38-5-13-44(14-6-38)70-51(73)22-23-52(70)74)29-31-83-59(80)39-7-15-45(16-8-39)71-53(75)24-25-54(71)76/h2-27,32H,28-31,36H2,1H3/b19-4+,21-20+. The molecule has 4 aliphatic heterocycles. The molecule has 1 aromatic heterocycles. The number of carbonyl (C=O) groups excluding carboxylic acids is 9. The Morgan fingerprint density at radius 1 is 0.593 bits per heavy atom. The van der Waals surface area contributed by atoms with Gasteiger partial charge in [0.05, 0.1) is 46.8 Å². The van der Waals surface area contributed by atoms with Crippen molar-refractivity contribution in [2.45, 2.75) is 25.3 Å². The quantitative estimate of drug-likeness (QED) is 0.0324. The number of hydrogen-bond donors (Lipinski definition) is 0. The number of nitriles is 3. The molecule has 0 saturated carbocycles. The smallest absolute Gasteiger partial charge is 0.432 e. The lowest BCUT2D eigenvalue weighted by Crippen LogP contribution is -2.43. The van der Waals surface area contributed by atoms with Gasteiger partial charge in [-0.25, -0.2) is 29.1 Å². The number of thiophene rings is 1. The minimum atomic E-state index is -5.15. The van der Waals surface area contributed by atoms with Crippen LogP contribution in [-0.4, -0.2) is 91.4 Å². The Kier molecular flexibility index (Phi) is 17.1. The molecule has 0 bridgehead atoms. The van der Waals surface area contributed by atoms with Crippen LogP contribution in [0.1, 0.15) is 58.9 Å². The molecule has 4 aliphatic rings. The second kappa shape index (κ2) is 24.9. The summed E-state index contributed by atoms with van der Waals surface area (Å²) < 4.78 is 66.3. The van der Waals surface area contributed by atoms with Crippen LogP contribution in [0.25, 0.3) is 18.2 Å². The van der Waals surface area contributed by atoms with Crippen LogP contribution in [0.15, 0.2) is 168 Å². The highest BCUT2D eigenvalue weighted by Crippen LogP contribution is 2.50. The third kappa shape index (κ3) is 12.4. The number of halogens is 3. The van der Waals surface area contributed by atoms with Crippen molar-refractivity contribution in [3.63, 3.8) is 0 Å².